The van der Waals surface area contributed by atoms with Gasteiger partial charge in [0, 0.05) is 24.0 Å². The fraction of sp³-hybridized carbons (Fsp3) is 0.176. The topological polar surface area (TPSA) is 65.2 Å². The highest BCUT2D eigenvalue weighted by molar-refractivity contribution is 5.82. The third-order valence-corrected chi connectivity index (χ3v) is 3.98. The average Bonchev–Trinajstić information content (AvgIpc) is 3.01. The maximum absolute atomic E-state index is 5.35. The molecule has 3 heterocycles. The average molecular weight is 305 g/mol. The van der Waals surface area contributed by atoms with E-state index in [-0.39, 0.29) is 0 Å². The number of rotatable bonds is 2. The second-order valence-electron chi connectivity index (χ2n) is 5.43. The third-order valence-electron chi connectivity index (χ3n) is 3.98. The first-order valence-corrected chi connectivity index (χ1v) is 7.29. The van der Waals surface area contributed by atoms with Crippen LogP contribution >= 0.6 is 0 Å². The highest BCUT2D eigenvalue weighted by Crippen LogP contribution is 2.27. The van der Waals surface area contributed by atoms with Gasteiger partial charge in [-0.1, -0.05) is 0 Å². The monoisotopic (exact) mass is 305 g/mol. The molecular formula is C17H15N5O. The van der Waals surface area contributed by atoms with E-state index in [0.29, 0.717) is 0 Å². The summed E-state index contributed by atoms with van der Waals surface area (Å²) < 4.78 is 7.37. The lowest BCUT2D eigenvalue weighted by Gasteiger charge is -2.09. The Bertz CT molecular complexity index is 1040. The molecule has 0 atom stereocenters. The molecule has 0 saturated carbocycles. The Kier molecular flexibility index (Phi) is 2.97. The van der Waals surface area contributed by atoms with E-state index >= 15 is 0 Å². The molecule has 0 unspecified atom stereocenters. The molecule has 114 valence electrons. The molecule has 0 N–H and O–H groups in total. The SMILES string of the molecule is COc1ccc2nc(C)c3nnc(-c4cnccc4C)n3c2c1. The summed E-state index contributed by atoms with van der Waals surface area (Å²) in [5, 5.41) is 8.71. The van der Waals surface area contributed by atoms with E-state index in [1.165, 1.54) is 0 Å². The lowest BCUT2D eigenvalue weighted by molar-refractivity contribution is 0.415. The molecule has 6 heteroatoms. The third kappa shape index (κ3) is 2.03. The van der Waals surface area contributed by atoms with Gasteiger partial charge in [0.1, 0.15) is 5.75 Å². The molecule has 1 aromatic carbocycles. The van der Waals surface area contributed by atoms with Crippen LogP contribution < -0.4 is 4.74 Å². The van der Waals surface area contributed by atoms with Crippen LogP contribution in [0.1, 0.15) is 11.3 Å². The van der Waals surface area contributed by atoms with Crippen LogP contribution in [0.5, 0.6) is 5.75 Å². The normalized spacial score (nSPS) is 11.3. The Hall–Kier alpha value is -3.02. The van der Waals surface area contributed by atoms with Crippen molar-refractivity contribution in [2.75, 3.05) is 7.11 Å². The minimum Gasteiger partial charge on any atom is -0.497 e. The van der Waals surface area contributed by atoms with Crippen molar-refractivity contribution in [3.8, 4) is 17.1 Å². The highest BCUT2D eigenvalue weighted by atomic mass is 16.5. The van der Waals surface area contributed by atoms with Gasteiger partial charge in [0.2, 0.25) is 0 Å². The van der Waals surface area contributed by atoms with E-state index in [4.69, 9.17) is 4.74 Å². The molecule has 0 bridgehead atoms. The summed E-state index contributed by atoms with van der Waals surface area (Å²) in [4.78, 5) is 8.84. The Morgan fingerprint density at radius 2 is 1.96 bits per heavy atom. The summed E-state index contributed by atoms with van der Waals surface area (Å²) in [5.41, 5.74) is 5.41. The highest BCUT2D eigenvalue weighted by Gasteiger charge is 2.16. The zero-order valence-corrected chi connectivity index (χ0v) is 13.1. The van der Waals surface area contributed by atoms with E-state index in [9.17, 15) is 0 Å². The standard InChI is InChI=1S/C17H15N5O/c1-10-6-7-18-9-13(10)17-21-20-16-11(2)19-14-5-4-12(23-3)8-15(14)22(16)17/h4-9H,1-3H3. The van der Waals surface area contributed by atoms with Crippen molar-refractivity contribution in [1.29, 1.82) is 0 Å². The second kappa shape index (κ2) is 5.01. The van der Waals surface area contributed by atoms with E-state index in [0.717, 1.165) is 45.1 Å². The number of hydrogen-bond acceptors (Lipinski definition) is 5. The summed E-state index contributed by atoms with van der Waals surface area (Å²) in [6.07, 6.45) is 3.59. The molecule has 4 aromatic rings. The van der Waals surface area contributed by atoms with Gasteiger partial charge >= 0.3 is 0 Å². The van der Waals surface area contributed by atoms with Gasteiger partial charge in [0.05, 0.1) is 23.8 Å². The van der Waals surface area contributed by atoms with Crippen molar-refractivity contribution < 1.29 is 4.74 Å². The summed E-state index contributed by atoms with van der Waals surface area (Å²) in [5.74, 6) is 1.53. The first-order valence-electron chi connectivity index (χ1n) is 7.29. The molecule has 0 radical (unpaired) electrons. The van der Waals surface area contributed by atoms with Crippen LogP contribution in [0.3, 0.4) is 0 Å². The van der Waals surface area contributed by atoms with E-state index < -0.39 is 0 Å². The largest absolute Gasteiger partial charge is 0.497 e. The number of methoxy groups -OCH3 is 1. The van der Waals surface area contributed by atoms with Gasteiger partial charge in [-0.2, -0.15) is 0 Å². The van der Waals surface area contributed by atoms with Crippen LogP contribution in [-0.4, -0.2) is 31.7 Å². The predicted molar refractivity (Wildman–Crippen MR) is 87.5 cm³/mol. The Balaban J connectivity index is 2.16. The van der Waals surface area contributed by atoms with Gasteiger partial charge in [0.15, 0.2) is 11.5 Å². The quantitative estimate of drug-likeness (QED) is 0.569. The molecule has 0 fully saturated rings. The predicted octanol–water partition coefficient (Wildman–Crippen LogP) is 2.96. The zero-order chi connectivity index (χ0) is 16.0. The number of aryl methyl sites for hydroxylation is 2. The van der Waals surface area contributed by atoms with Crippen LogP contribution in [0, 0.1) is 13.8 Å². The van der Waals surface area contributed by atoms with Gasteiger partial charge in [-0.3, -0.25) is 9.38 Å². The minimum atomic E-state index is 0.740. The van der Waals surface area contributed by atoms with Gasteiger partial charge in [0.25, 0.3) is 0 Å². The van der Waals surface area contributed by atoms with Gasteiger partial charge in [-0.15, -0.1) is 10.2 Å². The van der Waals surface area contributed by atoms with E-state index in [1.54, 1.807) is 13.3 Å². The van der Waals surface area contributed by atoms with Crippen molar-refractivity contribution in [2.24, 2.45) is 0 Å². The maximum atomic E-state index is 5.35. The molecular weight excluding hydrogens is 290 g/mol. The minimum absolute atomic E-state index is 0.740. The number of ether oxygens (including phenoxy) is 1. The van der Waals surface area contributed by atoms with Crippen LogP contribution in [0.15, 0.2) is 36.7 Å². The van der Waals surface area contributed by atoms with Crippen LogP contribution in [0.2, 0.25) is 0 Å². The van der Waals surface area contributed by atoms with Crippen molar-refractivity contribution >= 4 is 16.7 Å². The number of benzene rings is 1. The van der Waals surface area contributed by atoms with Gasteiger partial charge in [-0.05, 0) is 37.6 Å². The van der Waals surface area contributed by atoms with E-state index in [1.807, 2.05) is 48.7 Å². The van der Waals surface area contributed by atoms with Crippen molar-refractivity contribution in [2.45, 2.75) is 13.8 Å². The summed E-state index contributed by atoms with van der Waals surface area (Å²) >= 11 is 0. The molecule has 0 aliphatic heterocycles. The maximum Gasteiger partial charge on any atom is 0.183 e. The van der Waals surface area contributed by atoms with Crippen molar-refractivity contribution in [3.63, 3.8) is 0 Å². The second-order valence-corrected chi connectivity index (χ2v) is 5.43. The molecule has 0 saturated heterocycles. The molecule has 0 amide bonds. The fourth-order valence-electron chi connectivity index (χ4n) is 2.75. The van der Waals surface area contributed by atoms with Crippen LogP contribution in [0.4, 0.5) is 0 Å². The van der Waals surface area contributed by atoms with Gasteiger partial charge < -0.3 is 4.74 Å². The molecule has 6 nitrogen and oxygen atoms in total. The van der Waals surface area contributed by atoms with E-state index in [2.05, 4.69) is 20.2 Å². The first kappa shape index (κ1) is 13.6. The molecule has 0 spiro atoms. The van der Waals surface area contributed by atoms with Crippen LogP contribution in [0.25, 0.3) is 28.1 Å². The molecule has 3 aromatic heterocycles. The summed E-state index contributed by atoms with van der Waals surface area (Å²) in [6, 6.07) is 7.76. The fourth-order valence-corrected chi connectivity index (χ4v) is 2.75. The summed E-state index contributed by atoms with van der Waals surface area (Å²) in [7, 11) is 1.65. The Morgan fingerprint density at radius 3 is 2.74 bits per heavy atom. The molecule has 0 aliphatic rings. The Morgan fingerprint density at radius 1 is 1.09 bits per heavy atom. The zero-order valence-electron chi connectivity index (χ0n) is 13.1. The van der Waals surface area contributed by atoms with Crippen molar-refractivity contribution in [3.05, 3.63) is 47.9 Å². The van der Waals surface area contributed by atoms with Gasteiger partial charge in [-0.25, -0.2) is 4.98 Å². The number of pyridine rings is 1. The number of fused-ring (bicyclic) bond motifs is 3. The molecule has 4 rings (SSSR count). The number of hydrogen-bond donors (Lipinski definition) is 0. The first-order chi connectivity index (χ1) is 11.2. The van der Waals surface area contributed by atoms with Crippen molar-refractivity contribution in [1.82, 2.24) is 24.6 Å². The number of nitrogens with zero attached hydrogens (tertiary/aromatic N) is 5. The lowest BCUT2D eigenvalue weighted by atomic mass is 10.1. The number of aromatic nitrogens is 5. The molecule has 23 heavy (non-hydrogen) atoms. The molecule has 0 aliphatic carbocycles. The summed E-state index contributed by atoms with van der Waals surface area (Å²) in [6.45, 7) is 3.97. The Labute approximate surface area is 132 Å². The lowest BCUT2D eigenvalue weighted by Crippen LogP contribution is -1.99. The smallest absolute Gasteiger partial charge is 0.183 e. The van der Waals surface area contributed by atoms with Crippen LogP contribution in [-0.2, 0) is 0 Å².